The number of halogens is 1. The molecule has 1 unspecified atom stereocenters. The third-order valence-electron chi connectivity index (χ3n) is 2.88. The van der Waals surface area contributed by atoms with Gasteiger partial charge in [-0.1, -0.05) is 12.1 Å². The van der Waals surface area contributed by atoms with E-state index in [9.17, 15) is 12.8 Å². The van der Waals surface area contributed by atoms with E-state index in [0.29, 0.717) is 6.54 Å². The van der Waals surface area contributed by atoms with Crippen LogP contribution < -0.4 is 0 Å². The Morgan fingerprint density at radius 1 is 1.31 bits per heavy atom. The summed E-state index contributed by atoms with van der Waals surface area (Å²) in [6.07, 6.45) is 2.88. The van der Waals surface area contributed by atoms with Gasteiger partial charge in [0.05, 0.1) is 6.26 Å². The zero-order valence-electron chi connectivity index (χ0n) is 9.06. The molecule has 0 radical (unpaired) electrons. The fraction of sp³-hybridized carbons (Fsp3) is 0.455. The average molecular weight is 243 g/mol. The van der Waals surface area contributed by atoms with Crippen molar-refractivity contribution >= 4 is 10.0 Å². The summed E-state index contributed by atoms with van der Waals surface area (Å²) in [6.45, 7) is 0.556. The maximum Gasteiger partial charge on any atom is 0.211 e. The molecule has 1 aliphatic heterocycles. The first-order valence-corrected chi connectivity index (χ1v) is 7.05. The van der Waals surface area contributed by atoms with E-state index in [2.05, 4.69) is 0 Å². The molecule has 0 N–H and O–H groups in total. The summed E-state index contributed by atoms with van der Waals surface area (Å²) in [4.78, 5) is 0. The molecule has 1 aromatic carbocycles. The van der Waals surface area contributed by atoms with Crippen LogP contribution in [0.1, 0.15) is 24.4 Å². The highest BCUT2D eigenvalue weighted by atomic mass is 32.2. The zero-order valence-corrected chi connectivity index (χ0v) is 9.87. The molecule has 0 spiro atoms. The van der Waals surface area contributed by atoms with Crippen LogP contribution in [0.2, 0.25) is 0 Å². The molecular weight excluding hydrogens is 229 g/mol. The SMILES string of the molecule is CS(=O)(=O)N1CCCC1c1ccc(F)cc1. The van der Waals surface area contributed by atoms with E-state index < -0.39 is 10.0 Å². The number of hydrogen-bond acceptors (Lipinski definition) is 2. The van der Waals surface area contributed by atoms with E-state index in [1.54, 1.807) is 12.1 Å². The van der Waals surface area contributed by atoms with Gasteiger partial charge in [0.1, 0.15) is 5.82 Å². The molecule has 1 atom stereocenters. The van der Waals surface area contributed by atoms with Crippen molar-refractivity contribution in [2.24, 2.45) is 0 Å². The van der Waals surface area contributed by atoms with Gasteiger partial charge in [-0.2, -0.15) is 4.31 Å². The molecule has 0 saturated carbocycles. The Bertz CT molecular complexity index is 469. The Balaban J connectivity index is 2.30. The summed E-state index contributed by atoms with van der Waals surface area (Å²) in [5.41, 5.74) is 0.865. The number of rotatable bonds is 2. The molecule has 2 rings (SSSR count). The summed E-state index contributed by atoms with van der Waals surface area (Å²) in [5.74, 6) is -0.298. The molecule has 1 heterocycles. The van der Waals surface area contributed by atoms with E-state index in [4.69, 9.17) is 0 Å². The Labute approximate surface area is 94.9 Å². The number of hydrogen-bond donors (Lipinski definition) is 0. The Morgan fingerprint density at radius 2 is 1.94 bits per heavy atom. The molecule has 0 aromatic heterocycles. The lowest BCUT2D eigenvalue weighted by molar-refractivity contribution is 0.400. The van der Waals surface area contributed by atoms with Crippen molar-refractivity contribution in [1.29, 1.82) is 0 Å². The maximum atomic E-state index is 12.8. The lowest BCUT2D eigenvalue weighted by Crippen LogP contribution is -2.29. The summed E-state index contributed by atoms with van der Waals surface area (Å²) in [5, 5.41) is 0. The third kappa shape index (κ3) is 2.25. The second kappa shape index (κ2) is 4.14. The highest BCUT2D eigenvalue weighted by Gasteiger charge is 2.32. The van der Waals surface area contributed by atoms with Gasteiger partial charge in [0, 0.05) is 12.6 Å². The minimum absolute atomic E-state index is 0.129. The van der Waals surface area contributed by atoms with Gasteiger partial charge in [0.15, 0.2) is 0 Å². The summed E-state index contributed by atoms with van der Waals surface area (Å²) < 4.78 is 37.3. The highest BCUT2D eigenvalue weighted by molar-refractivity contribution is 7.88. The van der Waals surface area contributed by atoms with Gasteiger partial charge in [-0.25, -0.2) is 12.8 Å². The normalized spacial score (nSPS) is 22.5. The summed E-state index contributed by atoms with van der Waals surface area (Å²) >= 11 is 0. The van der Waals surface area contributed by atoms with Crippen LogP contribution in [-0.2, 0) is 10.0 Å². The summed E-state index contributed by atoms with van der Waals surface area (Å²) in [6, 6.07) is 5.92. The molecule has 0 amide bonds. The van der Waals surface area contributed by atoms with E-state index in [1.165, 1.54) is 22.7 Å². The number of sulfonamides is 1. The fourth-order valence-corrected chi connectivity index (χ4v) is 3.31. The van der Waals surface area contributed by atoms with Crippen LogP contribution in [0, 0.1) is 5.82 Å². The molecule has 1 fully saturated rings. The largest absolute Gasteiger partial charge is 0.212 e. The van der Waals surface area contributed by atoms with Crippen LogP contribution in [0.4, 0.5) is 4.39 Å². The van der Waals surface area contributed by atoms with Crippen molar-refractivity contribution in [3.05, 3.63) is 35.6 Å². The van der Waals surface area contributed by atoms with Crippen molar-refractivity contribution in [2.75, 3.05) is 12.8 Å². The maximum absolute atomic E-state index is 12.8. The van der Waals surface area contributed by atoms with Gasteiger partial charge in [0.2, 0.25) is 10.0 Å². The van der Waals surface area contributed by atoms with Crippen molar-refractivity contribution in [3.8, 4) is 0 Å². The van der Waals surface area contributed by atoms with Gasteiger partial charge in [-0.15, -0.1) is 0 Å². The molecule has 0 aliphatic carbocycles. The topological polar surface area (TPSA) is 37.4 Å². The second-order valence-corrected chi connectivity index (χ2v) is 6.02. The van der Waals surface area contributed by atoms with Crippen LogP contribution in [0.5, 0.6) is 0 Å². The highest BCUT2D eigenvalue weighted by Crippen LogP contribution is 2.33. The molecule has 1 aliphatic rings. The predicted molar refractivity (Wildman–Crippen MR) is 59.9 cm³/mol. The van der Waals surface area contributed by atoms with Crippen LogP contribution >= 0.6 is 0 Å². The second-order valence-electron chi connectivity index (χ2n) is 4.08. The van der Waals surface area contributed by atoms with E-state index >= 15 is 0 Å². The van der Waals surface area contributed by atoms with Crippen LogP contribution in [0.25, 0.3) is 0 Å². The molecule has 88 valence electrons. The lowest BCUT2D eigenvalue weighted by Gasteiger charge is -2.22. The Morgan fingerprint density at radius 3 is 2.50 bits per heavy atom. The first kappa shape index (κ1) is 11.5. The molecule has 1 saturated heterocycles. The average Bonchev–Trinajstić information content (AvgIpc) is 2.66. The third-order valence-corrected chi connectivity index (χ3v) is 4.17. The standard InChI is InChI=1S/C11H14FNO2S/c1-16(14,15)13-8-2-3-11(13)9-4-6-10(12)7-5-9/h4-7,11H,2-3,8H2,1H3. The lowest BCUT2D eigenvalue weighted by atomic mass is 10.1. The van der Waals surface area contributed by atoms with Gasteiger partial charge >= 0.3 is 0 Å². The molecule has 16 heavy (non-hydrogen) atoms. The van der Waals surface area contributed by atoms with E-state index in [-0.39, 0.29) is 11.9 Å². The minimum atomic E-state index is -3.17. The fourth-order valence-electron chi connectivity index (χ4n) is 2.16. The van der Waals surface area contributed by atoms with Crippen molar-refractivity contribution in [1.82, 2.24) is 4.31 Å². The van der Waals surface area contributed by atoms with Crippen LogP contribution in [-0.4, -0.2) is 25.5 Å². The van der Waals surface area contributed by atoms with Crippen LogP contribution in [0.15, 0.2) is 24.3 Å². The van der Waals surface area contributed by atoms with Gasteiger partial charge < -0.3 is 0 Å². The molecule has 3 nitrogen and oxygen atoms in total. The van der Waals surface area contributed by atoms with Gasteiger partial charge in [-0.3, -0.25) is 0 Å². The van der Waals surface area contributed by atoms with Crippen molar-refractivity contribution in [3.63, 3.8) is 0 Å². The predicted octanol–water partition coefficient (Wildman–Crippen LogP) is 1.92. The molecule has 5 heteroatoms. The molecule has 0 bridgehead atoms. The number of benzene rings is 1. The monoisotopic (exact) mass is 243 g/mol. The number of nitrogens with zero attached hydrogens (tertiary/aromatic N) is 1. The first-order valence-electron chi connectivity index (χ1n) is 5.21. The van der Waals surface area contributed by atoms with Crippen LogP contribution in [0.3, 0.4) is 0 Å². The summed E-state index contributed by atoms with van der Waals surface area (Å²) in [7, 11) is -3.17. The van der Waals surface area contributed by atoms with Crippen molar-refractivity contribution in [2.45, 2.75) is 18.9 Å². The van der Waals surface area contributed by atoms with E-state index in [1.807, 2.05) is 0 Å². The van der Waals surface area contributed by atoms with Crippen molar-refractivity contribution < 1.29 is 12.8 Å². The molecule has 1 aromatic rings. The Kier molecular flexibility index (Phi) is 2.99. The van der Waals surface area contributed by atoms with E-state index in [0.717, 1.165) is 18.4 Å². The smallest absolute Gasteiger partial charge is 0.211 e. The van der Waals surface area contributed by atoms with Gasteiger partial charge in [0.25, 0.3) is 0 Å². The quantitative estimate of drug-likeness (QED) is 0.796. The molecular formula is C11H14FNO2S. The first-order chi connectivity index (χ1) is 7.48. The van der Waals surface area contributed by atoms with Gasteiger partial charge in [-0.05, 0) is 30.5 Å². The zero-order chi connectivity index (χ0) is 11.8. The Hall–Kier alpha value is -0.940. The minimum Gasteiger partial charge on any atom is -0.212 e.